The van der Waals surface area contributed by atoms with Gasteiger partial charge in [0.25, 0.3) is 5.91 Å². The maximum atomic E-state index is 12.1. The Balaban J connectivity index is 2.64. The second-order valence-electron chi connectivity index (χ2n) is 5.65. The van der Waals surface area contributed by atoms with Crippen LogP contribution in [0.3, 0.4) is 0 Å². The van der Waals surface area contributed by atoms with Crippen LogP contribution in [0.4, 0.5) is 10.9 Å². The third kappa shape index (κ3) is 4.97. The Kier molecular flexibility index (Phi) is 5.76. The van der Waals surface area contributed by atoms with Crippen molar-refractivity contribution in [1.82, 2.24) is 10.3 Å². The molecule has 0 unspecified atom stereocenters. The van der Waals surface area contributed by atoms with Gasteiger partial charge in [-0.05, 0) is 19.8 Å². The molecule has 4 N–H and O–H groups in total. The highest BCUT2D eigenvalue weighted by Gasteiger charge is 2.21. The van der Waals surface area contributed by atoms with Crippen molar-refractivity contribution in [3.63, 3.8) is 0 Å². The van der Waals surface area contributed by atoms with Gasteiger partial charge in [-0.25, -0.2) is 4.98 Å². The molecule has 0 spiro atoms. The van der Waals surface area contributed by atoms with E-state index in [9.17, 15) is 4.79 Å². The smallest absolute Gasteiger partial charge is 0.265 e. The molecule has 0 atom stereocenters. The summed E-state index contributed by atoms with van der Waals surface area (Å²) in [6, 6.07) is 0. The molecule has 1 aromatic rings. The summed E-state index contributed by atoms with van der Waals surface area (Å²) in [6.07, 6.45) is 0. The number of nitrogens with zero attached hydrogens (tertiary/aromatic N) is 1. The predicted molar refractivity (Wildman–Crippen MR) is 83.3 cm³/mol. The van der Waals surface area contributed by atoms with Crippen LogP contribution in [0, 0.1) is 5.92 Å². The Bertz CT molecular complexity index is 457. The summed E-state index contributed by atoms with van der Waals surface area (Å²) in [5.74, 6) is 0.539. The molecule has 0 bridgehead atoms. The van der Waals surface area contributed by atoms with Crippen molar-refractivity contribution in [3.8, 4) is 0 Å². The predicted octanol–water partition coefficient (Wildman–Crippen LogP) is 1.95. The van der Waals surface area contributed by atoms with Gasteiger partial charge in [-0.3, -0.25) is 4.79 Å². The number of rotatable bonds is 7. The number of carbonyl (C=O) groups is 1. The zero-order valence-electron chi connectivity index (χ0n) is 12.7. The van der Waals surface area contributed by atoms with Crippen LogP contribution in [-0.2, 0) is 4.74 Å². The average molecular weight is 300 g/mol. The monoisotopic (exact) mass is 300 g/mol. The first-order valence-corrected chi connectivity index (χ1v) is 7.40. The molecule has 0 saturated carbocycles. The number of ether oxygens (including phenoxy) is 1. The van der Waals surface area contributed by atoms with Crippen LogP contribution in [0.5, 0.6) is 0 Å². The number of nitrogens with two attached hydrogens (primary N) is 1. The lowest BCUT2D eigenvalue weighted by Gasteiger charge is -2.22. The maximum Gasteiger partial charge on any atom is 0.265 e. The summed E-state index contributed by atoms with van der Waals surface area (Å²) < 4.78 is 5.25. The number of nitrogens with one attached hydrogen (secondary N) is 2. The Hall–Kier alpha value is -1.34. The summed E-state index contributed by atoms with van der Waals surface area (Å²) in [5, 5.41) is 6.65. The fraction of sp³-hybridized carbons (Fsp3) is 0.692. The van der Waals surface area contributed by atoms with Crippen molar-refractivity contribution in [2.24, 2.45) is 5.92 Å². The Morgan fingerprint density at radius 2 is 2.15 bits per heavy atom. The zero-order chi connectivity index (χ0) is 15.3. The third-order valence-corrected chi connectivity index (χ3v) is 3.78. The van der Waals surface area contributed by atoms with Gasteiger partial charge in [-0.15, -0.1) is 0 Å². The highest BCUT2D eigenvalue weighted by molar-refractivity contribution is 7.18. The molecule has 0 aromatic carbocycles. The molecule has 1 rings (SSSR count). The molecule has 20 heavy (non-hydrogen) atoms. The van der Waals surface area contributed by atoms with Gasteiger partial charge in [-0.1, -0.05) is 25.2 Å². The lowest BCUT2D eigenvalue weighted by Crippen LogP contribution is -2.39. The maximum absolute atomic E-state index is 12.1. The summed E-state index contributed by atoms with van der Waals surface area (Å²) in [4.78, 5) is 16.7. The topological polar surface area (TPSA) is 89.3 Å². The van der Waals surface area contributed by atoms with Crippen LogP contribution in [0.2, 0.25) is 0 Å². The van der Waals surface area contributed by atoms with Crippen molar-refractivity contribution < 1.29 is 9.53 Å². The number of nitrogen functional groups attached to an aromatic ring is 1. The largest absolute Gasteiger partial charge is 0.382 e. The number of amides is 1. The van der Waals surface area contributed by atoms with Gasteiger partial charge < -0.3 is 21.1 Å². The highest BCUT2D eigenvalue weighted by Crippen LogP contribution is 2.25. The van der Waals surface area contributed by atoms with Gasteiger partial charge >= 0.3 is 0 Å². The Labute approximate surface area is 124 Å². The standard InChI is InChI=1S/C13H24N4O2S/c1-8(2)6-15-12-17-10(14)9(20-12)11(18)16-7-13(3,4)19-5/h8H,6-7,14H2,1-5H3,(H,15,17)(H,16,18). The number of methoxy groups -OCH3 is 1. The minimum absolute atomic E-state index is 0.220. The Morgan fingerprint density at radius 1 is 1.50 bits per heavy atom. The van der Waals surface area contributed by atoms with Crippen molar-refractivity contribution in [2.75, 3.05) is 31.2 Å². The molecule has 114 valence electrons. The quantitative estimate of drug-likeness (QED) is 0.716. The molecule has 7 heteroatoms. The van der Waals surface area contributed by atoms with Crippen LogP contribution in [-0.4, -0.2) is 36.7 Å². The summed E-state index contributed by atoms with van der Waals surface area (Å²) in [5.41, 5.74) is 5.38. The highest BCUT2D eigenvalue weighted by atomic mass is 32.1. The minimum Gasteiger partial charge on any atom is -0.382 e. The molecule has 0 aliphatic rings. The van der Waals surface area contributed by atoms with E-state index in [1.807, 2.05) is 13.8 Å². The van der Waals surface area contributed by atoms with E-state index in [1.165, 1.54) is 11.3 Å². The van der Waals surface area contributed by atoms with Gasteiger partial charge in [0.05, 0.1) is 5.60 Å². The zero-order valence-corrected chi connectivity index (χ0v) is 13.6. The van der Waals surface area contributed by atoms with Gasteiger partial charge in [0.2, 0.25) is 0 Å². The van der Waals surface area contributed by atoms with Crippen molar-refractivity contribution >= 4 is 28.2 Å². The van der Waals surface area contributed by atoms with E-state index in [0.29, 0.717) is 22.5 Å². The molecule has 6 nitrogen and oxygen atoms in total. The summed E-state index contributed by atoms with van der Waals surface area (Å²) in [6.45, 7) is 9.21. The van der Waals surface area contributed by atoms with E-state index in [2.05, 4.69) is 29.5 Å². The second-order valence-corrected chi connectivity index (χ2v) is 6.65. The van der Waals surface area contributed by atoms with Gasteiger partial charge in [0.1, 0.15) is 10.7 Å². The summed E-state index contributed by atoms with van der Waals surface area (Å²) >= 11 is 1.27. The van der Waals surface area contributed by atoms with E-state index in [4.69, 9.17) is 10.5 Å². The fourth-order valence-corrected chi connectivity index (χ4v) is 2.12. The van der Waals surface area contributed by atoms with Crippen molar-refractivity contribution in [2.45, 2.75) is 33.3 Å². The molecular weight excluding hydrogens is 276 g/mol. The molecule has 0 aliphatic heterocycles. The lowest BCUT2D eigenvalue weighted by atomic mass is 10.1. The number of aromatic nitrogens is 1. The molecule has 1 aromatic heterocycles. The van der Waals surface area contributed by atoms with Crippen LogP contribution in [0.15, 0.2) is 0 Å². The lowest BCUT2D eigenvalue weighted by molar-refractivity contribution is 0.0229. The van der Waals surface area contributed by atoms with Crippen LogP contribution < -0.4 is 16.4 Å². The molecule has 0 aliphatic carbocycles. The average Bonchev–Trinajstić information content (AvgIpc) is 2.75. The van der Waals surface area contributed by atoms with Crippen LogP contribution >= 0.6 is 11.3 Å². The van der Waals surface area contributed by atoms with Gasteiger partial charge in [0, 0.05) is 20.2 Å². The van der Waals surface area contributed by atoms with Crippen LogP contribution in [0.1, 0.15) is 37.4 Å². The third-order valence-electron chi connectivity index (χ3n) is 2.75. The van der Waals surface area contributed by atoms with E-state index >= 15 is 0 Å². The molecular formula is C13H24N4O2S. The SMILES string of the molecule is COC(C)(C)CNC(=O)c1sc(NCC(C)C)nc1N. The Morgan fingerprint density at radius 3 is 2.70 bits per heavy atom. The van der Waals surface area contributed by atoms with Crippen molar-refractivity contribution in [1.29, 1.82) is 0 Å². The molecule has 1 amide bonds. The minimum atomic E-state index is -0.409. The first-order chi connectivity index (χ1) is 9.25. The number of hydrogen-bond acceptors (Lipinski definition) is 6. The van der Waals surface area contributed by atoms with E-state index < -0.39 is 5.60 Å². The molecule has 0 radical (unpaired) electrons. The van der Waals surface area contributed by atoms with Gasteiger partial charge in [-0.2, -0.15) is 0 Å². The number of thiazole rings is 1. The fourth-order valence-electron chi connectivity index (χ4n) is 1.31. The van der Waals surface area contributed by atoms with Crippen molar-refractivity contribution in [3.05, 3.63) is 4.88 Å². The number of anilines is 2. The molecule has 0 fully saturated rings. The molecule has 1 heterocycles. The van der Waals surface area contributed by atoms with Crippen LogP contribution in [0.25, 0.3) is 0 Å². The number of carbonyl (C=O) groups excluding carboxylic acids is 1. The second kappa shape index (κ2) is 6.90. The molecule has 0 saturated heterocycles. The first kappa shape index (κ1) is 16.7. The van der Waals surface area contributed by atoms with E-state index in [1.54, 1.807) is 7.11 Å². The van der Waals surface area contributed by atoms with E-state index in [0.717, 1.165) is 6.54 Å². The van der Waals surface area contributed by atoms with Gasteiger partial charge in [0.15, 0.2) is 5.13 Å². The van der Waals surface area contributed by atoms with E-state index in [-0.39, 0.29) is 11.7 Å². The number of hydrogen-bond donors (Lipinski definition) is 3. The summed E-state index contributed by atoms with van der Waals surface area (Å²) in [7, 11) is 1.61. The first-order valence-electron chi connectivity index (χ1n) is 6.58. The normalized spacial score (nSPS) is 11.7.